The van der Waals surface area contributed by atoms with Gasteiger partial charge in [-0.1, -0.05) is 13.8 Å². The Balaban J connectivity index is 2.45. The van der Waals surface area contributed by atoms with Gasteiger partial charge in [0.05, 0.1) is 12.3 Å². The number of carboxylic acids is 1. The van der Waals surface area contributed by atoms with E-state index in [1.807, 2.05) is 6.92 Å². The summed E-state index contributed by atoms with van der Waals surface area (Å²) in [4.78, 5) is 11.5. The molecule has 0 spiro atoms. The van der Waals surface area contributed by atoms with Crippen LogP contribution in [0.4, 0.5) is 5.69 Å². The number of anilines is 1. The van der Waals surface area contributed by atoms with Crippen molar-refractivity contribution < 1.29 is 14.6 Å². The van der Waals surface area contributed by atoms with Crippen molar-refractivity contribution >= 4 is 11.7 Å². The molecule has 1 aromatic heterocycles. The Hall–Kier alpha value is -2.64. The molecule has 0 aliphatic carbocycles. The largest absolute Gasteiger partial charge is 0.492 e. The van der Waals surface area contributed by atoms with E-state index >= 15 is 0 Å². The van der Waals surface area contributed by atoms with Crippen molar-refractivity contribution in [1.82, 2.24) is 20.2 Å². The molecule has 118 valence electrons. The molecule has 0 amide bonds. The van der Waals surface area contributed by atoms with Crippen LogP contribution in [0.3, 0.4) is 0 Å². The first-order valence-corrected chi connectivity index (χ1v) is 6.99. The summed E-state index contributed by atoms with van der Waals surface area (Å²) in [5, 5.41) is 20.8. The summed E-state index contributed by atoms with van der Waals surface area (Å²) >= 11 is 0. The van der Waals surface area contributed by atoms with E-state index in [1.165, 1.54) is 4.68 Å². The van der Waals surface area contributed by atoms with Crippen LogP contribution in [0, 0.1) is 5.92 Å². The van der Waals surface area contributed by atoms with E-state index in [2.05, 4.69) is 15.5 Å². The Morgan fingerprint density at radius 2 is 2.18 bits per heavy atom. The van der Waals surface area contributed by atoms with Gasteiger partial charge in [-0.25, -0.2) is 9.48 Å². The summed E-state index contributed by atoms with van der Waals surface area (Å²) < 4.78 is 6.69. The van der Waals surface area contributed by atoms with E-state index in [-0.39, 0.29) is 5.92 Å². The number of aliphatic carboxylic acids is 1. The van der Waals surface area contributed by atoms with Gasteiger partial charge in [0.25, 0.3) is 0 Å². The Morgan fingerprint density at radius 3 is 2.73 bits per heavy atom. The van der Waals surface area contributed by atoms with E-state index in [0.29, 0.717) is 29.4 Å². The number of nitrogens with two attached hydrogens (primary N) is 1. The van der Waals surface area contributed by atoms with E-state index in [9.17, 15) is 9.90 Å². The lowest BCUT2D eigenvalue weighted by molar-refractivity contribution is -0.142. The number of rotatable bonds is 6. The van der Waals surface area contributed by atoms with Gasteiger partial charge in [-0.15, -0.1) is 5.10 Å². The number of carboxylic acid groups (broad SMARTS) is 1. The molecule has 1 aromatic carbocycles. The van der Waals surface area contributed by atoms with Gasteiger partial charge in [-0.05, 0) is 41.5 Å². The fourth-order valence-corrected chi connectivity index (χ4v) is 2.22. The fraction of sp³-hybridized carbons (Fsp3) is 0.429. The van der Waals surface area contributed by atoms with Gasteiger partial charge in [0.1, 0.15) is 5.75 Å². The molecular formula is C14H19N5O3. The zero-order valence-electron chi connectivity index (χ0n) is 12.7. The highest BCUT2D eigenvalue weighted by Gasteiger charge is 2.28. The molecule has 1 heterocycles. The van der Waals surface area contributed by atoms with Crippen molar-refractivity contribution in [3.63, 3.8) is 0 Å². The van der Waals surface area contributed by atoms with Gasteiger partial charge in [0.15, 0.2) is 11.9 Å². The molecule has 0 aliphatic rings. The number of benzene rings is 1. The van der Waals surface area contributed by atoms with Crippen LogP contribution in [0.1, 0.15) is 26.8 Å². The van der Waals surface area contributed by atoms with E-state index in [4.69, 9.17) is 10.5 Å². The van der Waals surface area contributed by atoms with Crippen LogP contribution in [0.15, 0.2) is 18.2 Å². The van der Waals surface area contributed by atoms with Crippen LogP contribution in [0.5, 0.6) is 5.75 Å². The quantitative estimate of drug-likeness (QED) is 0.778. The normalized spacial score (nSPS) is 12.4. The fourth-order valence-electron chi connectivity index (χ4n) is 2.22. The summed E-state index contributed by atoms with van der Waals surface area (Å²) in [5.74, 6) is -0.220. The Bertz CT molecular complexity index is 668. The highest BCUT2D eigenvalue weighted by molar-refractivity contribution is 5.74. The predicted molar refractivity (Wildman–Crippen MR) is 80.3 cm³/mol. The number of nitrogen functional groups attached to an aromatic ring is 1. The number of hydrogen-bond donors (Lipinski definition) is 2. The Labute approximate surface area is 127 Å². The molecule has 22 heavy (non-hydrogen) atoms. The zero-order chi connectivity index (χ0) is 16.3. The summed E-state index contributed by atoms with van der Waals surface area (Å²) in [6, 6.07) is 4.30. The number of tetrazole rings is 1. The van der Waals surface area contributed by atoms with Crippen LogP contribution in [0.2, 0.25) is 0 Å². The third-order valence-corrected chi connectivity index (χ3v) is 3.21. The van der Waals surface area contributed by atoms with Gasteiger partial charge in [0, 0.05) is 5.56 Å². The van der Waals surface area contributed by atoms with Crippen LogP contribution >= 0.6 is 0 Å². The van der Waals surface area contributed by atoms with E-state index in [0.717, 1.165) is 0 Å². The second-order valence-electron chi connectivity index (χ2n) is 5.16. The molecule has 8 nitrogen and oxygen atoms in total. The van der Waals surface area contributed by atoms with Gasteiger partial charge in [0.2, 0.25) is 0 Å². The van der Waals surface area contributed by atoms with Crippen LogP contribution in [0.25, 0.3) is 11.4 Å². The van der Waals surface area contributed by atoms with Crippen molar-refractivity contribution in [2.24, 2.45) is 5.92 Å². The minimum absolute atomic E-state index is 0.167. The molecule has 2 aromatic rings. The maximum atomic E-state index is 11.5. The van der Waals surface area contributed by atoms with Gasteiger partial charge in [-0.3, -0.25) is 0 Å². The summed E-state index contributed by atoms with van der Waals surface area (Å²) in [7, 11) is 0. The third kappa shape index (κ3) is 3.00. The molecule has 2 rings (SSSR count). The molecule has 0 saturated carbocycles. The smallest absolute Gasteiger partial charge is 0.328 e. The predicted octanol–water partition coefficient (Wildman–Crippen LogP) is 1.60. The van der Waals surface area contributed by atoms with Crippen LogP contribution < -0.4 is 10.5 Å². The van der Waals surface area contributed by atoms with Gasteiger partial charge < -0.3 is 15.6 Å². The monoisotopic (exact) mass is 305 g/mol. The standard InChI is InChI=1S/C14H19N5O3/c1-4-22-11-6-5-9(7-10(11)15)13-16-17-18-19(13)12(8(2)3)14(20)21/h5-8,12H,4,15H2,1-3H3,(H,20,21). The van der Waals surface area contributed by atoms with E-state index in [1.54, 1.807) is 32.0 Å². The van der Waals surface area contributed by atoms with Crippen molar-refractivity contribution in [2.45, 2.75) is 26.8 Å². The van der Waals surface area contributed by atoms with Crippen molar-refractivity contribution in [1.29, 1.82) is 0 Å². The van der Waals surface area contributed by atoms with Gasteiger partial charge in [-0.2, -0.15) is 0 Å². The minimum atomic E-state index is -0.984. The first-order valence-electron chi connectivity index (χ1n) is 6.99. The van der Waals surface area contributed by atoms with Crippen molar-refractivity contribution in [2.75, 3.05) is 12.3 Å². The minimum Gasteiger partial charge on any atom is -0.492 e. The molecule has 0 bridgehead atoms. The second kappa shape index (κ2) is 6.42. The molecule has 3 N–H and O–H groups in total. The Morgan fingerprint density at radius 1 is 1.45 bits per heavy atom. The third-order valence-electron chi connectivity index (χ3n) is 3.21. The lowest BCUT2D eigenvalue weighted by Gasteiger charge is -2.17. The zero-order valence-corrected chi connectivity index (χ0v) is 12.7. The summed E-state index contributed by atoms with van der Waals surface area (Å²) in [6.07, 6.45) is 0. The molecule has 0 aliphatic heterocycles. The maximum absolute atomic E-state index is 11.5. The van der Waals surface area contributed by atoms with Crippen molar-refractivity contribution in [3.8, 4) is 17.1 Å². The first-order chi connectivity index (χ1) is 10.5. The molecular weight excluding hydrogens is 286 g/mol. The maximum Gasteiger partial charge on any atom is 0.328 e. The van der Waals surface area contributed by atoms with Crippen molar-refractivity contribution in [3.05, 3.63) is 18.2 Å². The SMILES string of the molecule is CCOc1ccc(-c2nnnn2C(C(=O)O)C(C)C)cc1N. The van der Waals surface area contributed by atoms with Gasteiger partial charge >= 0.3 is 5.97 Å². The second-order valence-corrected chi connectivity index (χ2v) is 5.16. The number of ether oxygens (including phenoxy) is 1. The average Bonchev–Trinajstić information content (AvgIpc) is 2.89. The molecule has 8 heteroatoms. The molecule has 0 fully saturated rings. The topological polar surface area (TPSA) is 116 Å². The first kappa shape index (κ1) is 15.7. The summed E-state index contributed by atoms with van der Waals surface area (Å²) in [5.41, 5.74) is 7.03. The molecule has 1 unspecified atom stereocenters. The Kier molecular flexibility index (Phi) is 4.59. The number of nitrogens with zero attached hydrogens (tertiary/aromatic N) is 4. The highest BCUT2D eigenvalue weighted by atomic mass is 16.5. The molecule has 0 radical (unpaired) electrons. The molecule has 1 atom stereocenters. The lowest BCUT2D eigenvalue weighted by Crippen LogP contribution is -2.26. The number of hydrogen-bond acceptors (Lipinski definition) is 6. The summed E-state index contributed by atoms with van der Waals surface area (Å²) in [6.45, 7) is 5.98. The highest BCUT2D eigenvalue weighted by Crippen LogP contribution is 2.29. The lowest BCUT2D eigenvalue weighted by atomic mass is 10.0. The number of aromatic nitrogens is 4. The van der Waals surface area contributed by atoms with E-state index < -0.39 is 12.0 Å². The van der Waals surface area contributed by atoms with Crippen LogP contribution in [-0.4, -0.2) is 37.9 Å². The molecule has 0 saturated heterocycles. The average molecular weight is 305 g/mol. The number of carbonyl (C=O) groups is 1. The van der Waals surface area contributed by atoms with Crippen LogP contribution in [-0.2, 0) is 4.79 Å².